The van der Waals surface area contributed by atoms with Crippen LogP contribution in [0.1, 0.15) is 55.1 Å². The lowest BCUT2D eigenvalue weighted by atomic mass is 10.0. The molecule has 0 aliphatic carbocycles. The summed E-state index contributed by atoms with van der Waals surface area (Å²) in [6.07, 6.45) is 1.24. The maximum absolute atomic E-state index is 13.4. The van der Waals surface area contributed by atoms with Gasteiger partial charge in [0.2, 0.25) is 0 Å². The normalized spacial score (nSPS) is 15.7. The number of benzene rings is 2. The predicted molar refractivity (Wildman–Crippen MR) is 165 cm³/mol. The second-order valence-electron chi connectivity index (χ2n) is 12.3. The van der Waals surface area contributed by atoms with Crippen LogP contribution in [0.15, 0.2) is 47.3 Å². The van der Waals surface area contributed by atoms with Crippen LogP contribution in [0.2, 0.25) is 0 Å². The van der Waals surface area contributed by atoms with Crippen LogP contribution in [-0.2, 0) is 17.8 Å². The van der Waals surface area contributed by atoms with Crippen molar-refractivity contribution in [1.82, 2.24) is 19.7 Å². The van der Waals surface area contributed by atoms with Crippen molar-refractivity contribution in [3.8, 4) is 11.5 Å². The molecule has 0 saturated carbocycles. The average molecular weight is 591 g/mol. The molecule has 2 aliphatic rings. The number of carbonyl (C=O) groups excluding carboxylic acids is 2. The molecule has 2 aliphatic heterocycles. The van der Waals surface area contributed by atoms with Crippen LogP contribution >= 0.6 is 0 Å². The molecular weight excluding hydrogens is 548 g/mol. The van der Waals surface area contributed by atoms with Crippen LogP contribution in [0, 0.1) is 6.92 Å². The molecule has 3 aromatic rings. The van der Waals surface area contributed by atoms with Crippen molar-refractivity contribution in [3.05, 3.63) is 69.5 Å². The van der Waals surface area contributed by atoms with E-state index in [9.17, 15) is 14.4 Å². The zero-order valence-electron chi connectivity index (χ0n) is 25.8. The Balaban J connectivity index is 1.28. The number of hydrogen-bond acceptors (Lipinski definition) is 7. The highest BCUT2D eigenvalue weighted by Gasteiger charge is 2.31. The summed E-state index contributed by atoms with van der Waals surface area (Å²) in [5.41, 5.74) is 2.51. The lowest BCUT2D eigenvalue weighted by Crippen LogP contribution is -2.49. The van der Waals surface area contributed by atoms with Crippen molar-refractivity contribution in [1.29, 1.82) is 0 Å². The quantitative estimate of drug-likeness (QED) is 0.437. The molecule has 1 aromatic heterocycles. The van der Waals surface area contributed by atoms with Crippen LogP contribution in [0.4, 0.5) is 4.79 Å². The number of piperidine rings is 1. The van der Waals surface area contributed by atoms with Gasteiger partial charge in [0.1, 0.15) is 18.8 Å². The van der Waals surface area contributed by atoms with Gasteiger partial charge >= 0.3 is 6.09 Å². The summed E-state index contributed by atoms with van der Waals surface area (Å²) < 4.78 is 19.0. The van der Waals surface area contributed by atoms with Gasteiger partial charge in [-0.15, -0.1) is 0 Å². The summed E-state index contributed by atoms with van der Waals surface area (Å²) in [4.78, 5) is 43.0. The number of hydrogen-bond donors (Lipinski definition) is 1. The van der Waals surface area contributed by atoms with E-state index in [1.165, 1.54) is 6.07 Å². The van der Waals surface area contributed by atoms with Gasteiger partial charge in [-0.05, 0) is 82.0 Å². The Morgan fingerprint density at radius 3 is 2.42 bits per heavy atom. The Labute approximate surface area is 252 Å². The number of rotatable bonds is 7. The highest BCUT2D eigenvalue weighted by Crippen LogP contribution is 2.32. The smallest absolute Gasteiger partial charge is 0.410 e. The van der Waals surface area contributed by atoms with Crippen molar-refractivity contribution in [2.75, 3.05) is 39.9 Å². The van der Waals surface area contributed by atoms with Crippen molar-refractivity contribution in [2.45, 2.75) is 65.3 Å². The minimum atomic E-state index is -0.607. The van der Waals surface area contributed by atoms with E-state index in [4.69, 9.17) is 14.2 Å². The molecule has 0 radical (unpaired) electrons. The summed E-state index contributed by atoms with van der Waals surface area (Å²) in [6, 6.07) is 12.9. The number of nitrogens with one attached hydrogen (secondary N) is 1. The number of aryl methyl sites for hydroxylation is 1. The molecule has 0 atom stereocenters. The van der Waals surface area contributed by atoms with E-state index in [1.54, 1.807) is 17.7 Å². The topological polar surface area (TPSA) is 102 Å². The Morgan fingerprint density at radius 1 is 1.00 bits per heavy atom. The van der Waals surface area contributed by atoms with Gasteiger partial charge in [0.15, 0.2) is 11.5 Å². The van der Waals surface area contributed by atoms with Gasteiger partial charge < -0.3 is 33.9 Å². The van der Waals surface area contributed by atoms with Crippen LogP contribution in [0.3, 0.4) is 0 Å². The van der Waals surface area contributed by atoms with E-state index in [0.29, 0.717) is 44.2 Å². The van der Waals surface area contributed by atoms with Crippen molar-refractivity contribution < 1.29 is 23.8 Å². The number of likely N-dealkylation sites (tertiary alicyclic amines) is 1. The SMILES string of the molecule is CNC(=O)c1cc(C)cc2c1ccc(=O)n2CCN1CCC(N(Cc2ccc3c(c2)OCCO3)C(=O)OC(C)(C)C)CC1. The molecule has 0 spiro atoms. The largest absolute Gasteiger partial charge is 0.486 e. The first-order valence-electron chi connectivity index (χ1n) is 15.0. The van der Waals surface area contributed by atoms with Gasteiger partial charge in [-0.3, -0.25) is 9.59 Å². The summed E-state index contributed by atoms with van der Waals surface area (Å²) >= 11 is 0. The van der Waals surface area contributed by atoms with Crippen LogP contribution in [0.5, 0.6) is 11.5 Å². The molecule has 0 bridgehead atoms. The molecule has 2 amide bonds. The number of ether oxygens (including phenoxy) is 3. The van der Waals surface area contributed by atoms with Crippen LogP contribution in [0.25, 0.3) is 10.9 Å². The standard InChI is InChI=1S/C33H42N4O6/c1-22-18-26(31(39)34-5)25-7-9-30(38)36(27(25)19-22)15-14-35-12-10-24(11-13-35)37(32(40)43-33(2,3)4)21-23-6-8-28-29(20-23)42-17-16-41-28/h6-9,18-20,24H,10-17,21H2,1-5H3,(H,34,39). The zero-order valence-corrected chi connectivity index (χ0v) is 25.8. The van der Waals surface area contributed by atoms with E-state index in [0.717, 1.165) is 53.7 Å². The summed E-state index contributed by atoms with van der Waals surface area (Å²) in [7, 11) is 1.61. The summed E-state index contributed by atoms with van der Waals surface area (Å²) in [6.45, 7) is 11.8. The minimum Gasteiger partial charge on any atom is -0.486 e. The Bertz CT molecular complexity index is 1550. The summed E-state index contributed by atoms with van der Waals surface area (Å²) in [5, 5.41) is 3.46. The Morgan fingerprint density at radius 2 is 1.72 bits per heavy atom. The molecule has 5 rings (SSSR count). The molecule has 1 N–H and O–H groups in total. The molecule has 0 unspecified atom stereocenters. The van der Waals surface area contributed by atoms with E-state index in [-0.39, 0.29) is 23.6 Å². The predicted octanol–water partition coefficient (Wildman–Crippen LogP) is 4.34. The number of fused-ring (bicyclic) bond motifs is 2. The monoisotopic (exact) mass is 590 g/mol. The first kappa shape index (κ1) is 30.4. The average Bonchev–Trinajstić information content (AvgIpc) is 2.98. The first-order chi connectivity index (χ1) is 20.5. The van der Waals surface area contributed by atoms with Crippen molar-refractivity contribution in [3.63, 3.8) is 0 Å². The maximum Gasteiger partial charge on any atom is 0.410 e. The Kier molecular flexibility index (Phi) is 8.96. The fourth-order valence-electron chi connectivity index (χ4n) is 5.84. The van der Waals surface area contributed by atoms with Gasteiger partial charge in [-0.25, -0.2) is 4.79 Å². The maximum atomic E-state index is 13.4. The van der Waals surface area contributed by atoms with E-state index in [1.807, 2.05) is 62.9 Å². The molecule has 10 nitrogen and oxygen atoms in total. The van der Waals surface area contributed by atoms with Crippen molar-refractivity contribution in [2.24, 2.45) is 0 Å². The third kappa shape index (κ3) is 7.13. The Hall–Kier alpha value is -4.05. The fourth-order valence-corrected chi connectivity index (χ4v) is 5.84. The number of amides is 2. The molecule has 10 heteroatoms. The van der Waals surface area contributed by atoms with Gasteiger partial charge in [0.25, 0.3) is 11.5 Å². The molecule has 230 valence electrons. The van der Waals surface area contributed by atoms with Crippen LogP contribution in [-0.4, -0.2) is 77.9 Å². The fraction of sp³-hybridized carbons (Fsp3) is 0.485. The molecular formula is C33H42N4O6. The van der Waals surface area contributed by atoms with E-state index < -0.39 is 5.60 Å². The highest BCUT2D eigenvalue weighted by molar-refractivity contribution is 6.06. The second-order valence-corrected chi connectivity index (χ2v) is 12.3. The van der Waals surface area contributed by atoms with Gasteiger partial charge in [-0.1, -0.05) is 6.07 Å². The van der Waals surface area contributed by atoms with E-state index >= 15 is 0 Å². The molecule has 43 heavy (non-hydrogen) atoms. The molecule has 1 fully saturated rings. The third-order valence-electron chi connectivity index (χ3n) is 7.95. The highest BCUT2D eigenvalue weighted by atomic mass is 16.6. The van der Waals surface area contributed by atoms with Crippen molar-refractivity contribution >= 4 is 22.9 Å². The van der Waals surface area contributed by atoms with Gasteiger partial charge in [0, 0.05) is 62.8 Å². The van der Waals surface area contributed by atoms with Crippen LogP contribution < -0.4 is 20.3 Å². The summed E-state index contributed by atoms with van der Waals surface area (Å²) in [5.74, 6) is 1.24. The zero-order chi connectivity index (χ0) is 30.7. The number of aromatic nitrogens is 1. The molecule has 3 heterocycles. The second kappa shape index (κ2) is 12.7. The van der Waals surface area contributed by atoms with Gasteiger partial charge in [0.05, 0.1) is 5.52 Å². The van der Waals surface area contributed by atoms with Gasteiger partial charge in [-0.2, -0.15) is 0 Å². The molecule has 1 saturated heterocycles. The first-order valence-corrected chi connectivity index (χ1v) is 15.0. The molecule has 2 aromatic carbocycles. The number of nitrogens with zero attached hydrogens (tertiary/aromatic N) is 3. The van der Waals surface area contributed by atoms with E-state index in [2.05, 4.69) is 10.2 Å². The minimum absolute atomic E-state index is 0.0114. The lowest BCUT2D eigenvalue weighted by Gasteiger charge is -2.39. The third-order valence-corrected chi connectivity index (χ3v) is 7.95. The number of carbonyl (C=O) groups is 2. The lowest BCUT2D eigenvalue weighted by molar-refractivity contribution is 0.00562. The number of pyridine rings is 1.